The molecule has 0 aromatic carbocycles. The summed E-state index contributed by atoms with van der Waals surface area (Å²) < 4.78 is 32.1. The second-order valence-corrected chi connectivity index (χ2v) is 6.98. The van der Waals surface area contributed by atoms with Crippen LogP contribution in [0.5, 0.6) is 0 Å². The van der Waals surface area contributed by atoms with Crippen molar-refractivity contribution in [3.8, 4) is 0 Å². The standard InChI is InChI=1S/C12H17BrN2O4S/c1-4-8(2)11(12(16)19-3)15-20(17,18)10-5-9(13)6-14-7-10/h5-8,11,15H,4H2,1-3H3. The van der Waals surface area contributed by atoms with Crippen LogP contribution in [0.15, 0.2) is 27.8 Å². The first-order chi connectivity index (χ1) is 9.31. The van der Waals surface area contributed by atoms with E-state index >= 15 is 0 Å². The number of pyridine rings is 1. The lowest BCUT2D eigenvalue weighted by molar-refractivity contribution is -0.143. The van der Waals surface area contributed by atoms with Gasteiger partial charge in [0.05, 0.1) is 7.11 Å². The highest BCUT2D eigenvalue weighted by molar-refractivity contribution is 9.10. The Kier molecular flexibility index (Phi) is 6.09. The maximum atomic E-state index is 12.3. The van der Waals surface area contributed by atoms with Crippen LogP contribution in [0.1, 0.15) is 20.3 Å². The summed E-state index contributed by atoms with van der Waals surface area (Å²) in [4.78, 5) is 15.5. The smallest absolute Gasteiger partial charge is 0.324 e. The number of esters is 1. The molecule has 6 nitrogen and oxygen atoms in total. The topological polar surface area (TPSA) is 85.4 Å². The fourth-order valence-electron chi connectivity index (χ4n) is 1.53. The number of carbonyl (C=O) groups excluding carboxylic acids is 1. The van der Waals surface area contributed by atoms with E-state index < -0.39 is 22.0 Å². The van der Waals surface area contributed by atoms with Gasteiger partial charge < -0.3 is 4.74 Å². The Bertz CT molecular complexity index is 577. The van der Waals surface area contributed by atoms with E-state index in [1.807, 2.05) is 6.92 Å². The van der Waals surface area contributed by atoms with E-state index in [0.717, 1.165) is 0 Å². The molecule has 2 unspecified atom stereocenters. The Morgan fingerprint density at radius 2 is 2.15 bits per heavy atom. The van der Waals surface area contributed by atoms with Crippen LogP contribution in [-0.4, -0.2) is 32.5 Å². The van der Waals surface area contributed by atoms with Gasteiger partial charge in [-0.05, 0) is 27.9 Å². The van der Waals surface area contributed by atoms with E-state index in [9.17, 15) is 13.2 Å². The lowest BCUT2D eigenvalue weighted by Gasteiger charge is -2.21. The summed E-state index contributed by atoms with van der Waals surface area (Å²) in [6, 6.07) is 0.495. The first-order valence-electron chi connectivity index (χ1n) is 6.02. The minimum absolute atomic E-state index is 0.0101. The Balaban J connectivity index is 3.06. The third-order valence-electron chi connectivity index (χ3n) is 2.94. The number of aromatic nitrogens is 1. The summed E-state index contributed by atoms with van der Waals surface area (Å²) >= 11 is 3.16. The monoisotopic (exact) mass is 364 g/mol. The molecule has 1 aromatic heterocycles. The number of methoxy groups -OCH3 is 1. The Labute approximate surface area is 127 Å². The van der Waals surface area contributed by atoms with E-state index in [0.29, 0.717) is 10.9 Å². The van der Waals surface area contributed by atoms with Crippen molar-refractivity contribution in [2.45, 2.75) is 31.2 Å². The van der Waals surface area contributed by atoms with E-state index in [1.165, 1.54) is 25.6 Å². The summed E-state index contributed by atoms with van der Waals surface area (Å²) in [6.07, 6.45) is 3.34. The zero-order valence-electron chi connectivity index (χ0n) is 11.5. The van der Waals surface area contributed by atoms with Gasteiger partial charge >= 0.3 is 5.97 Å². The van der Waals surface area contributed by atoms with Gasteiger partial charge in [-0.2, -0.15) is 4.72 Å². The quantitative estimate of drug-likeness (QED) is 0.776. The zero-order valence-corrected chi connectivity index (χ0v) is 13.9. The Hall–Kier alpha value is -0.990. The van der Waals surface area contributed by atoms with Gasteiger partial charge in [0.2, 0.25) is 10.0 Å². The number of ether oxygens (including phenoxy) is 1. The molecule has 2 atom stereocenters. The van der Waals surface area contributed by atoms with Crippen LogP contribution in [0.4, 0.5) is 0 Å². The van der Waals surface area contributed by atoms with Gasteiger partial charge in [0.1, 0.15) is 10.9 Å². The molecule has 0 aliphatic carbocycles. The van der Waals surface area contributed by atoms with Crippen molar-refractivity contribution >= 4 is 31.9 Å². The highest BCUT2D eigenvalue weighted by Gasteiger charge is 2.30. The van der Waals surface area contributed by atoms with E-state index in [1.54, 1.807) is 6.92 Å². The van der Waals surface area contributed by atoms with E-state index in [4.69, 9.17) is 0 Å². The van der Waals surface area contributed by atoms with Gasteiger partial charge in [-0.25, -0.2) is 8.42 Å². The number of sulfonamides is 1. The molecule has 0 saturated heterocycles. The molecule has 112 valence electrons. The summed E-state index contributed by atoms with van der Waals surface area (Å²) in [5, 5.41) is 0. The SMILES string of the molecule is CCC(C)C(NS(=O)(=O)c1cncc(Br)c1)C(=O)OC. The number of nitrogens with zero attached hydrogens (tertiary/aromatic N) is 1. The molecule has 0 spiro atoms. The molecule has 1 aromatic rings. The van der Waals surface area contributed by atoms with Crippen LogP contribution in [0.25, 0.3) is 0 Å². The van der Waals surface area contributed by atoms with Crippen LogP contribution in [0.3, 0.4) is 0 Å². The van der Waals surface area contributed by atoms with Crippen molar-refractivity contribution in [1.82, 2.24) is 9.71 Å². The summed E-state index contributed by atoms with van der Waals surface area (Å²) in [7, 11) is -2.61. The third kappa shape index (κ3) is 4.26. The second-order valence-electron chi connectivity index (χ2n) is 4.35. The lowest BCUT2D eigenvalue weighted by Crippen LogP contribution is -2.45. The predicted octanol–water partition coefficient (Wildman–Crippen LogP) is 1.71. The van der Waals surface area contributed by atoms with Crippen LogP contribution in [-0.2, 0) is 19.6 Å². The van der Waals surface area contributed by atoms with Crippen molar-refractivity contribution in [2.24, 2.45) is 5.92 Å². The molecule has 0 amide bonds. The van der Waals surface area contributed by atoms with Crippen LogP contribution < -0.4 is 4.72 Å². The first-order valence-corrected chi connectivity index (χ1v) is 8.30. The molecule has 8 heteroatoms. The molecule has 0 aliphatic rings. The molecule has 0 bridgehead atoms. The first kappa shape index (κ1) is 17.1. The van der Waals surface area contributed by atoms with Crippen molar-refractivity contribution in [3.05, 3.63) is 22.9 Å². The molecule has 20 heavy (non-hydrogen) atoms. The number of rotatable bonds is 6. The number of halogens is 1. The van der Waals surface area contributed by atoms with Gasteiger partial charge in [0.25, 0.3) is 0 Å². The largest absolute Gasteiger partial charge is 0.468 e. The van der Waals surface area contributed by atoms with Crippen molar-refractivity contribution < 1.29 is 17.9 Å². The highest BCUT2D eigenvalue weighted by Crippen LogP contribution is 2.17. The lowest BCUT2D eigenvalue weighted by atomic mass is 10.0. The number of carbonyl (C=O) groups is 1. The summed E-state index contributed by atoms with van der Waals surface area (Å²) in [6.45, 7) is 3.65. The number of hydrogen-bond acceptors (Lipinski definition) is 5. The molecule has 0 radical (unpaired) electrons. The van der Waals surface area contributed by atoms with Crippen molar-refractivity contribution in [1.29, 1.82) is 0 Å². The third-order valence-corrected chi connectivity index (χ3v) is 4.78. The normalized spacial score (nSPS) is 14.6. The molecule has 1 N–H and O–H groups in total. The van der Waals surface area contributed by atoms with Crippen LogP contribution in [0, 0.1) is 5.92 Å². The molecular weight excluding hydrogens is 348 g/mol. The van der Waals surface area contributed by atoms with E-state index in [2.05, 4.69) is 30.4 Å². The van der Waals surface area contributed by atoms with E-state index in [-0.39, 0.29) is 10.8 Å². The Morgan fingerprint density at radius 3 is 2.65 bits per heavy atom. The molecule has 1 heterocycles. The van der Waals surface area contributed by atoms with Crippen LogP contribution >= 0.6 is 15.9 Å². The number of nitrogens with one attached hydrogen (secondary N) is 1. The van der Waals surface area contributed by atoms with Crippen molar-refractivity contribution in [2.75, 3.05) is 7.11 Å². The predicted molar refractivity (Wildman–Crippen MR) is 77.5 cm³/mol. The minimum Gasteiger partial charge on any atom is -0.468 e. The average molecular weight is 365 g/mol. The highest BCUT2D eigenvalue weighted by atomic mass is 79.9. The van der Waals surface area contributed by atoms with Gasteiger partial charge in [-0.1, -0.05) is 20.3 Å². The molecule has 0 fully saturated rings. The van der Waals surface area contributed by atoms with Gasteiger partial charge in [-0.3, -0.25) is 9.78 Å². The van der Waals surface area contributed by atoms with Gasteiger partial charge in [0, 0.05) is 16.9 Å². The van der Waals surface area contributed by atoms with Gasteiger partial charge in [0.15, 0.2) is 0 Å². The molecule has 0 saturated carbocycles. The summed E-state index contributed by atoms with van der Waals surface area (Å²) in [5.41, 5.74) is 0. The zero-order chi connectivity index (χ0) is 15.3. The number of hydrogen-bond donors (Lipinski definition) is 1. The second kappa shape index (κ2) is 7.14. The fraction of sp³-hybridized carbons (Fsp3) is 0.500. The maximum Gasteiger partial charge on any atom is 0.324 e. The fourth-order valence-corrected chi connectivity index (χ4v) is 3.33. The van der Waals surface area contributed by atoms with Gasteiger partial charge in [-0.15, -0.1) is 0 Å². The minimum atomic E-state index is -3.84. The average Bonchev–Trinajstić information content (AvgIpc) is 2.43. The molecule has 1 rings (SSSR count). The Morgan fingerprint density at radius 1 is 1.50 bits per heavy atom. The molecule has 0 aliphatic heterocycles. The van der Waals surface area contributed by atoms with Crippen molar-refractivity contribution in [3.63, 3.8) is 0 Å². The maximum absolute atomic E-state index is 12.3. The summed E-state index contributed by atoms with van der Waals surface area (Å²) in [5.74, 6) is -0.789. The van der Waals surface area contributed by atoms with Crippen LogP contribution in [0.2, 0.25) is 0 Å². The molecular formula is C12H17BrN2O4S.